The lowest BCUT2D eigenvalue weighted by molar-refractivity contribution is -0.118. The van der Waals surface area contributed by atoms with E-state index in [0.29, 0.717) is 5.69 Å². The lowest BCUT2D eigenvalue weighted by atomic mass is 10.2. The van der Waals surface area contributed by atoms with Crippen molar-refractivity contribution >= 4 is 33.2 Å². The van der Waals surface area contributed by atoms with Gasteiger partial charge in [0.05, 0.1) is 9.92 Å². The monoisotopic (exact) mass is 382 g/mol. The van der Waals surface area contributed by atoms with Crippen LogP contribution < -0.4 is 10.1 Å². The summed E-state index contributed by atoms with van der Waals surface area (Å²) in [6.07, 6.45) is 0. The average molecular weight is 383 g/mol. The first kappa shape index (κ1) is 19.2. The first-order valence-electron chi connectivity index (χ1n) is 7.41. The Balaban J connectivity index is 2.02. The van der Waals surface area contributed by atoms with Crippen molar-refractivity contribution in [2.45, 2.75) is 11.8 Å². The molecule has 2 aromatic rings. The highest BCUT2D eigenvalue weighted by molar-refractivity contribution is 7.89. The average Bonchev–Trinajstić information content (AvgIpc) is 2.53. The molecule has 0 radical (unpaired) electrons. The third-order valence-corrected chi connectivity index (χ3v) is 5.45. The van der Waals surface area contributed by atoms with E-state index in [1.54, 1.807) is 6.07 Å². The Bertz CT molecular complexity index is 882. The molecule has 134 valence electrons. The second-order valence-electron chi connectivity index (χ2n) is 5.59. The van der Waals surface area contributed by atoms with Crippen LogP contribution in [0.15, 0.2) is 47.4 Å². The molecule has 1 N–H and O–H groups in total. The van der Waals surface area contributed by atoms with Crippen LogP contribution >= 0.6 is 11.6 Å². The number of hydrogen-bond donors (Lipinski definition) is 1. The summed E-state index contributed by atoms with van der Waals surface area (Å²) in [6.45, 7) is 1.68. The standard InChI is InChI=1S/C17H19ClN2O4S/c1-12-5-4-6-13(9-12)19-17(21)11-24-16-8-7-14(10-15(16)18)25(22,23)20(2)3/h4-10H,11H2,1-3H3,(H,19,21). The van der Waals surface area contributed by atoms with Crippen molar-refractivity contribution in [3.63, 3.8) is 0 Å². The number of hydrogen-bond acceptors (Lipinski definition) is 4. The summed E-state index contributed by atoms with van der Waals surface area (Å²) in [5, 5.41) is 2.83. The highest BCUT2D eigenvalue weighted by atomic mass is 35.5. The van der Waals surface area contributed by atoms with Crippen LogP contribution in [-0.4, -0.2) is 39.3 Å². The third-order valence-electron chi connectivity index (χ3n) is 3.34. The van der Waals surface area contributed by atoms with Crippen LogP contribution in [0.5, 0.6) is 5.75 Å². The minimum absolute atomic E-state index is 0.0547. The normalized spacial score (nSPS) is 11.4. The fourth-order valence-electron chi connectivity index (χ4n) is 2.03. The van der Waals surface area contributed by atoms with Gasteiger partial charge < -0.3 is 10.1 Å². The van der Waals surface area contributed by atoms with Gasteiger partial charge in [0, 0.05) is 19.8 Å². The highest BCUT2D eigenvalue weighted by Gasteiger charge is 2.19. The summed E-state index contributed by atoms with van der Waals surface area (Å²) < 4.78 is 30.6. The Hall–Kier alpha value is -2.09. The van der Waals surface area contributed by atoms with Crippen LogP contribution in [0, 0.1) is 6.92 Å². The number of aryl methyl sites for hydroxylation is 1. The van der Waals surface area contributed by atoms with Crippen molar-refractivity contribution in [2.24, 2.45) is 0 Å². The maximum absolute atomic E-state index is 12.1. The Morgan fingerprint density at radius 1 is 1.20 bits per heavy atom. The largest absolute Gasteiger partial charge is 0.482 e. The van der Waals surface area contributed by atoms with E-state index in [9.17, 15) is 13.2 Å². The Morgan fingerprint density at radius 3 is 2.52 bits per heavy atom. The molecule has 0 bridgehead atoms. The maximum Gasteiger partial charge on any atom is 0.262 e. The van der Waals surface area contributed by atoms with E-state index in [2.05, 4.69) is 5.32 Å². The third kappa shape index (κ3) is 4.94. The van der Waals surface area contributed by atoms with Crippen LogP contribution in [0.4, 0.5) is 5.69 Å². The van der Waals surface area contributed by atoms with Gasteiger partial charge in [0.1, 0.15) is 5.75 Å². The fourth-order valence-corrected chi connectivity index (χ4v) is 3.26. The lowest BCUT2D eigenvalue weighted by Gasteiger charge is -2.13. The number of anilines is 1. The quantitative estimate of drug-likeness (QED) is 0.833. The number of carbonyl (C=O) groups excluding carboxylic acids is 1. The number of sulfonamides is 1. The van der Waals surface area contributed by atoms with E-state index < -0.39 is 10.0 Å². The van der Waals surface area contributed by atoms with E-state index in [0.717, 1.165) is 9.87 Å². The van der Waals surface area contributed by atoms with E-state index in [-0.39, 0.29) is 28.2 Å². The minimum atomic E-state index is -3.58. The molecular weight excluding hydrogens is 364 g/mol. The highest BCUT2D eigenvalue weighted by Crippen LogP contribution is 2.28. The summed E-state index contributed by atoms with van der Waals surface area (Å²) in [5.41, 5.74) is 1.70. The van der Waals surface area contributed by atoms with Crippen LogP contribution in [0.3, 0.4) is 0 Å². The van der Waals surface area contributed by atoms with Crippen LogP contribution in [-0.2, 0) is 14.8 Å². The van der Waals surface area contributed by atoms with Gasteiger partial charge in [0.2, 0.25) is 10.0 Å². The zero-order valence-electron chi connectivity index (χ0n) is 14.1. The number of nitrogens with zero attached hydrogens (tertiary/aromatic N) is 1. The van der Waals surface area contributed by atoms with Gasteiger partial charge >= 0.3 is 0 Å². The van der Waals surface area contributed by atoms with Gasteiger partial charge in [-0.1, -0.05) is 23.7 Å². The van der Waals surface area contributed by atoms with Gasteiger partial charge in [-0.3, -0.25) is 4.79 Å². The van der Waals surface area contributed by atoms with Gasteiger partial charge in [-0.25, -0.2) is 12.7 Å². The molecule has 6 nitrogen and oxygen atoms in total. The molecule has 0 unspecified atom stereocenters. The number of rotatable bonds is 6. The molecule has 2 aromatic carbocycles. The van der Waals surface area contributed by atoms with Gasteiger partial charge in [-0.05, 0) is 42.8 Å². The molecule has 0 aliphatic carbocycles. The topological polar surface area (TPSA) is 75.7 Å². The zero-order valence-corrected chi connectivity index (χ0v) is 15.7. The fraction of sp³-hybridized carbons (Fsp3) is 0.235. The lowest BCUT2D eigenvalue weighted by Crippen LogP contribution is -2.22. The van der Waals surface area contributed by atoms with Gasteiger partial charge in [-0.2, -0.15) is 0 Å². The van der Waals surface area contributed by atoms with E-state index in [1.165, 1.54) is 32.3 Å². The summed E-state index contributed by atoms with van der Waals surface area (Å²) in [6, 6.07) is 11.5. The maximum atomic E-state index is 12.1. The molecule has 1 amide bonds. The summed E-state index contributed by atoms with van der Waals surface area (Å²) in [4.78, 5) is 12.0. The number of carbonyl (C=O) groups is 1. The summed E-state index contributed by atoms with van der Waals surface area (Å²) >= 11 is 6.06. The van der Waals surface area contributed by atoms with Crippen molar-refractivity contribution in [3.8, 4) is 5.75 Å². The van der Waals surface area contributed by atoms with Crippen molar-refractivity contribution < 1.29 is 17.9 Å². The summed E-state index contributed by atoms with van der Waals surface area (Å²) in [7, 11) is -0.711. The van der Waals surface area contributed by atoms with Crippen LogP contribution in [0.25, 0.3) is 0 Å². The molecule has 0 aliphatic heterocycles. The Morgan fingerprint density at radius 2 is 1.92 bits per heavy atom. The number of benzene rings is 2. The predicted molar refractivity (Wildman–Crippen MR) is 97.6 cm³/mol. The molecule has 2 rings (SSSR count). The molecule has 0 aliphatic rings. The second kappa shape index (κ2) is 7.86. The van der Waals surface area contributed by atoms with Crippen molar-refractivity contribution in [1.29, 1.82) is 0 Å². The minimum Gasteiger partial charge on any atom is -0.482 e. The molecule has 0 saturated heterocycles. The van der Waals surface area contributed by atoms with E-state index >= 15 is 0 Å². The molecule has 0 fully saturated rings. The first-order valence-corrected chi connectivity index (χ1v) is 9.23. The SMILES string of the molecule is Cc1cccc(NC(=O)COc2ccc(S(=O)(=O)N(C)C)cc2Cl)c1. The molecular formula is C17H19ClN2O4S. The van der Waals surface area contributed by atoms with Crippen LogP contribution in [0.1, 0.15) is 5.56 Å². The second-order valence-corrected chi connectivity index (χ2v) is 8.15. The smallest absolute Gasteiger partial charge is 0.262 e. The molecule has 25 heavy (non-hydrogen) atoms. The molecule has 0 aromatic heterocycles. The number of amides is 1. The molecule has 0 atom stereocenters. The number of ether oxygens (including phenoxy) is 1. The predicted octanol–water partition coefficient (Wildman–Crippen LogP) is 2.92. The van der Waals surface area contributed by atoms with Crippen molar-refractivity contribution in [3.05, 3.63) is 53.1 Å². The number of halogens is 1. The first-order chi connectivity index (χ1) is 11.7. The molecule has 8 heteroatoms. The van der Waals surface area contributed by atoms with E-state index in [1.807, 2.05) is 25.1 Å². The molecule has 0 saturated carbocycles. The van der Waals surface area contributed by atoms with Gasteiger partial charge in [0.25, 0.3) is 5.91 Å². The van der Waals surface area contributed by atoms with Crippen LogP contribution in [0.2, 0.25) is 5.02 Å². The Labute approximate surface area is 152 Å². The van der Waals surface area contributed by atoms with Crippen molar-refractivity contribution in [1.82, 2.24) is 4.31 Å². The summed E-state index contributed by atoms with van der Waals surface area (Å²) in [5.74, 6) is -0.106. The van der Waals surface area contributed by atoms with Crippen molar-refractivity contribution in [2.75, 3.05) is 26.0 Å². The molecule has 0 heterocycles. The number of nitrogens with one attached hydrogen (secondary N) is 1. The molecule has 0 spiro atoms. The van der Waals surface area contributed by atoms with Gasteiger partial charge in [-0.15, -0.1) is 0 Å². The zero-order chi connectivity index (χ0) is 18.6. The van der Waals surface area contributed by atoms with E-state index in [4.69, 9.17) is 16.3 Å². The Kier molecular flexibility index (Phi) is 6.05. The van der Waals surface area contributed by atoms with Gasteiger partial charge in [0.15, 0.2) is 6.61 Å².